The summed E-state index contributed by atoms with van der Waals surface area (Å²) in [7, 11) is -3.70. The van der Waals surface area contributed by atoms with E-state index in [0.717, 1.165) is 11.3 Å². The van der Waals surface area contributed by atoms with Gasteiger partial charge in [0, 0.05) is 24.6 Å². The predicted octanol–water partition coefficient (Wildman–Crippen LogP) is 2.75. The summed E-state index contributed by atoms with van der Waals surface area (Å²) in [5.74, 6) is -0.268. The van der Waals surface area contributed by atoms with E-state index in [1.54, 1.807) is 24.3 Å². The first kappa shape index (κ1) is 19.2. The van der Waals surface area contributed by atoms with Gasteiger partial charge < -0.3 is 9.88 Å². The van der Waals surface area contributed by atoms with E-state index in [1.807, 2.05) is 35.2 Å². The molecule has 2 aromatic carbocycles. The molecule has 0 fully saturated rings. The van der Waals surface area contributed by atoms with Crippen LogP contribution in [-0.2, 0) is 16.4 Å². The van der Waals surface area contributed by atoms with Crippen LogP contribution >= 0.6 is 11.6 Å². The first-order chi connectivity index (χ1) is 12.8. The molecule has 3 rings (SSSR count). The van der Waals surface area contributed by atoms with Gasteiger partial charge in [0.2, 0.25) is 10.0 Å². The fourth-order valence-electron chi connectivity index (χ4n) is 2.62. The highest BCUT2D eigenvalue weighted by atomic mass is 35.5. The number of rotatable bonds is 6. The Hall–Kier alpha value is -2.61. The van der Waals surface area contributed by atoms with Gasteiger partial charge in [0.05, 0.1) is 15.5 Å². The van der Waals surface area contributed by atoms with Gasteiger partial charge in [0.1, 0.15) is 0 Å². The Bertz CT molecular complexity index is 1050. The number of nitrogens with zero attached hydrogens (tertiary/aromatic N) is 1. The summed E-state index contributed by atoms with van der Waals surface area (Å²) in [6.45, 7) is 0.387. The Labute approximate surface area is 162 Å². The second kappa shape index (κ2) is 7.96. The maximum Gasteiger partial charge on any atom is 0.252 e. The average Bonchev–Trinajstić information content (AvgIpc) is 3.16. The molecular weight excluding hydrogens is 386 g/mol. The minimum absolute atomic E-state index is 0.0592. The van der Waals surface area contributed by atoms with Crippen molar-refractivity contribution in [1.29, 1.82) is 0 Å². The summed E-state index contributed by atoms with van der Waals surface area (Å²) in [6, 6.07) is 15.3. The van der Waals surface area contributed by atoms with Crippen molar-refractivity contribution in [2.24, 2.45) is 5.14 Å². The van der Waals surface area contributed by atoms with Crippen LogP contribution in [0.25, 0.3) is 5.69 Å². The Morgan fingerprint density at radius 2 is 1.74 bits per heavy atom. The molecule has 27 heavy (non-hydrogen) atoms. The molecule has 8 heteroatoms. The lowest BCUT2D eigenvalue weighted by Crippen LogP contribution is -2.26. The van der Waals surface area contributed by atoms with E-state index in [4.69, 9.17) is 16.7 Å². The van der Waals surface area contributed by atoms with Crippen molar-refractivity contribution in [2.45, 2.75) is 11.3 Å². The first-order valence-corrected chi connectivity index (χ1v) is 10.1. The summed E-state index contributed by atoms with van der Waals surface area (Å²) in [5.41, 5.74) is 2.12. The van der Waals surface area contributed by atoms with Gasteiger partial charge in [0.25, 0.3) is 5.91 Å². The second-order valence-corrected chi connectivity index (χ2v) is 7.92. The number of carbonyl (C=O) groups is 1. The van der Waals surface area contributed by atoms with Crippen LogP contribution in [0, 0.1) is 0 Å². The van der Waals surface area contributed by atoms with Crippen LogP contribution in [0.15, 0.2) is 71.9 Å². The molecule has 0 aliphatic rings. The number of primary sulfonamides is 1. The van der Waals surface area contributed by atoms with Gasteiger partial charge >= 0.3 is 0 Å². The number of benzene rings is 2. The minimum atomic E-state index is -3.70. The normalized spacial score (nSPS) is 11.3. The van der Waals surface area contributed by atoms with Gasteiger partial charge in [-0.05, 0) is 54.4 Å². The molecule has 140 valence electrons. The summed E-state index contributed by atoms with van der Waals surface area (Å²) in [6.07, 6.45) is 4.32. The summed E-state index contributed by atoms with van der Waals surface area (Å²) < 4.78 is 24.4. The number of hydrogen-bond acceptors (Lipinski definition) is 3. The molecule has 0 aliphatic heterocycles. The van der Waals surface area contributed by atoms with Crippen LogP contribution < -0.4 is 10.5 Å². The zero-order valence-corrected chi connectivity index (χ0v) is 15.9. The van der Waals surface area contributed by atoms with Crippen LogP contribution in [0.2, 0.25) is 5.02 Å². The van der Waals surface area contributed by atoms with Crippen molar-refractivity contribution in [3.8, 4) is 5.69 Å². The molecule has 3 N–H and O–H groups in total. The molecule has 0 atom stereocenters. The lowest BCUT2D eigenvalue weighted by molar-refractivity contribution is 0.0954. The van der Waals surface area contributed by atoms with Gasteiger partial charge in [-0.25, -0.2) is 13.6 Å². The van der Waals surface area contributed by atoms with Crippen molar-refractivity contribution in [1.82, 2.24) is 9.88 Å². The number of halogens is 1. The molecular formula is C19H18ClN3O3S. The number of nitrogens with two attached hydrogens (primary N) is 1. The topological polar surface area (TPSA) is 94.2 Å². The highest BCUT2D eigenvalue weighted by Crippen LogP contribution is 2.20. The molecule has 1 aromatic heterocycles. The third kappa shape index (κ3) is 4.77. The number of carbonyl (C=O) groups excluding carboxylic acids is 1. The number of aromatic nitrogens is 1. The van der Waals surface area contributed by atoms with Crippen LogP contribution in [0.5, 0.6) is 0 Å². The Morgan fingerprint density at radius 1 is 1.07 bits per heavy atom. The van der Waals surface area contributed by atoms with Crippen LogP contribution in [0.3, 0.4) is 0 Å². The standard InChI is InChI=1S/C19H18ClN3O3S/c20-18-8-5-15(23-11-1-2-12-23)13-17(18)19(24)22-10-9-14-3-6-16(7-4-14)27(21,25)26/h1-8,11-13H,9-10H2,(H,22,24)(H2,21,25,26). The molecule has 0 saturated heterocycles. The number of nitrogens with one attached hydrogen (secondary N) is 1. The molecule has 3 aromatic rings. The highest BCUT2D eigenvalue weighted by molar-refractivity contribution is 7.89. The Kier molecular flexibility index (Phi) is 5.65. The van der Waals surface area contributed by atoms with Crippen molar-refractivity contribution in [2.75, 3.05) is 6.54 Å². The van der Waals surface area contributed by atoms with Crippen molar-refractivity contribution in [3.05, 3.63) is 83.1 Å². The summed E-state index contributed by atoms with van der Waals surface area (Å²) >= 11 is 6.17. The molecule has 6 nitrogen and oxygen atoms in total. The molecule has 1 heterocycles. The number of amides is 1. The molecule has 1 amide bonds. The fraction of sp³-hybridized carbons (Fsp3) is 0.105. The molecule has 0 spiro atoms. The van der Waals surface area contributed by atoms with E-state index in [0.29, 0.717) is 23.6 Å². The lowest BCUT2D eigenvalue weighted by Gasteiger charge is -2.10. The van der Waals surface area contributed by atoms with Crippen molar-refractivity contribution >= 4 is 27.5 Å². The number of hydrogen-bond donors (Lipinski definition) is 2. The Balaban J connectivity index is 1.63. The molecule has 0 radical (unpaired) electrons. The van der Waals surface area contributed by atoms with Crippen LogP contribution in [0.1, 0.15) is 15.9 Å². The van der Waals surface area contributed by atoms with Gasteiger partial charge in [-0.2, -0.15) is 0 Å². The van der Waals surface area contributed by atoms with E-state index in [2.05, 4.69) is 5.32 Å². The van der Waals surface area contributed by atoms with Crippen LogP contribution in [-0.4, -0.2) is 25.4 Å². The lowest BCUT2D eigenvalue weighted by atomic mass is 10.1. The predicted molar refractivity (Wildman–Crippen MR) is 105 cm³/mol. The third-order valence-electron chi connectivity index (χ3n) is 4.05. The molecule has 0 unspecified atom stereocenters. The first-order valence-electron chi connectivity index (χ1n) is 8.17. The second-order valence-electron chi connectivity index (χ2n) is 5.95. The van der Waals surface area contributed by atoms with Gasteiger partial charge in [-0.15, -0.1) is 0 Å². The van der Waals surface area contributed by atoms with E-state index in [1.165, 1.54) is 12.1 Å². The monoisotopic (exact) mass is 403 g/mol. The Morgan fingerprint density at radius 3 is 2.37 bits per heavy atom. The van der Waals surface area contributed by atoms with Crippen LogP contribution in [0.4, 0.5) is 0 Å². The zero-order valence-electron chi connectivity index (χ0n) is 14.3. The highest BCUT2D eigenvalue weighted by Gasteiger charge is 2.12. The summed E-state index contributed by atoms with van der Waals surface area (Å²) in [4.78, 5) is 12.5. The SMILES string of the molecule is NS(=O)(=O)c1ccc(CCNC(=O)c2cc(-n3cccc3)ccc2Cl)cc1. The van der Waals surface area contributed by atoms with E-state index in [-0.39, 0.29) is 10.8 Å². The maximum atomic E-state index is 12.5. The third-order valence-corrected chi connectivity index (χ3v) is 5.31. The van der Waals surface area contributed by atoms with E-state index in [9.17, 15) is 13.2 Å². The van der Waals surface area contributed by atoms with Gasteiger partial charge in [-0.3, -0.25) is 4.79 Å². The molecule has 0 aliphatic carbocycles. The quantitative estimate of drug-likeness (QED) is 0.662. The maximum absolute atomic E-state index is 12.5. The number of sulfonamides is 1. The molecule has 0 saturated carbocycles. The largest absolute Gasteiger partial charge is 0.352 e. The van der Waals surface area contributed by atoms with Crippen molar-refractivity contribution in [3.63, 3.8) is 0 Å². The molecule has 0 bridgehead atoms. The van der Waals surface area contributed by atoms with Crippen molar-refractivity contribution < 1.29 is 13.2 Å². The fourth-order valence-corrected chi connectivity index (χ4v) is 3.33. The summed E-state index contributed by atoms with van der Waals surface area (Å²) in [5, 5.41) is 8.28. The van der Waals surface area contributed by atoms with E-state index < -0.39 is 10.0 Å². The van der Waals surface area contributed by atoms with Gasteiger partial charge in [-0.1, -0.05) is 23.7 Å². The smallest absolute Gasteiger partial charge is 0.252 e. The average molecular weight is 404 g/mol. The van der Waals surface area contributed by atoms with E-state index >= 15 is 0 Å². The minimum Gasteiger partial charge on any atom is -0.352 e. The van der Waals surface area contributed by atoms with Gasteiger partial charge in [0.15, 0.2) is 0 Å². The zero-order chi connectivity index (χ0) is 19.4.